The number of unbranched alkanes of at least 4 members (excludes halogenated alkanes) is 4. The topological polar surface area (TPSA) is 85.2 Å². The first kappa shape index (κ1) is 26.9. The summed E-state index contributed by atoms with van der Waals surface area (Å²) in [7, 11) is 0. The van der Waals surface area contributed by atoms with Crippen LogP contribution in [0, 0.1) is 23.7 Å². The molecule has 1 rings (SSSR count). The van der Waals surface area contributed by atoms with Crippen LogP contribution < -0.4 is 0 Å². The SMILES string of the molecule is C=CCCCCC[C@@H](/C=C/C#CC#CCCC)O[C@H]1O[C@@H](C)[C@H](O)[C@@H](O)[C@H]1OC(C)=O. The molecule has 6 atom stereocenters. The molecule has 1 heterocycles. The molecular formula is C25H36O6. The molecule has 0 spiro atoms. The smallest absolute Gasteiger partial charge is 0.303 e. The highest BCUT2D eigenvalue weighted by atomic mass is 16.7. The van der Waals surface area contributed by atoms with Crippen molar-refractivity contribution in [1.82, 2.24) is 0 Å². The van der Waals surface area contributed by atoms with Crippen molar-refractivity contribution in [2.24, 2.45) is 0 Å². The lowest BCUT2D eigenvalue weighted by Crippen LogP contribution is -2.59. The highest BCUT2D eigenvalue weighted by molar-refractivity contribution is 5.66. The first-order valence-electron chi connectivity index (χ1n) is 11.0. The van der Waals surface area contributed by atoms with Gasteiger partial charge in [-0.1, -0.05) is 37.7 Å². The minimum atomic E-state index is -1.30. The summed E-state index contributed by atoms with van der Waals surface area (Å²) in [5.74, 6) is 10.8. The third-order valence-corrected chi connectivity index (χ3v) is 4.78. The van der Waals surface area contributed by atoms with E-state index in [1.165, 1.54) is 6.92 Å². The second kappa shape index (κ2) is 15.7. The van der Waals surface area contributed by atoms with Crippen LogP contribution in [0.3, 0.4) is 0 Å². The largest absolute Gasteiger partial charge is 0.454 e. The molecule has 0 aromatic heterocycles. The lowest BCUT2D eigenvalue weighted by atomic mass is 9.99. The van der Waals surface area contributed by atoms with Gasteiger partial charge in [-0.15, -0.1) is 6.58 Å². The maximum absolute atomic E-state index is 11.5. The van der Waals surface area contributed by atoms with E-state index in [2.05, 4.69) is 37.2 Å². The van der Waals surface area contributed by atoms with Crippen molar-refractivity contribution < 1.29 is 29.2 Å². The molecule has 0 saturated carbocycles. The van der Waals surface area contributed by atoms with Gasteiger partial charge in [-0.2, -0.15) is 0 Å². The Morgan fingerprint density at radius 2 is 2.00 bits per heavy atom. The van der Waals surface area contributed by atoms with E-state index in [0.29, 0.717) is 6.42 Å². The van der Waals surface area contributed by atoms with Crippen LogP contribution in [0.15, 0.2) is 24.8 Å². The summed E-state index contributed by atoms with van der Waals surface area (Å²) < 4.78 is 17.0. The fourth-order valence-corrected chi connectivity index (χ4v) is 3.09. The lowest BCUT2D eigenvalue weighted by molar-refractivity contribution is -0.303. The van der Waals surface area contributed by atoms with Gasteiger partial charge >= 0.3 is 5.97 Å². The zero-order valence-electron chi connectivity index (χ0n) is 18.9. The summed E-state index contributed by atoms with van der Waals surface area (Å²) in [6.45, 7) is 8.67. The Bertz CT molecular complexity index is 692. The van der Waals surface area contributed by atoms with Crippen LogP contribution in [0.4, 0.5) is 0 Å². The van der Waals surface area contributed by atoms with E-state index in [4.69, 9.17) is 14.2 Å². The molecule has 1 fully saturated rings. The monoisotopic (exact) mass is 432 g/mol. The van der Waals surface area contributed by atoms with Gasteiger partial charge < -0.3 is 24.4 Å². The molecule has 0 aromatic carbocycles. The minimum Gasteiger partial charge on any atom is -0.454 e. The van der Waals surface area contributed by atoms with Crippen molar-refractivity contribution >= 4 is 5.97 Å². The maximum atomic E-state index is 11.5. The second-order valence-corrected chi connectivity index (χ2v) is 7.55. The Labute approximate surface area is 186 Å². The number of ether oxygens (including phenoxy) is 3. The lowest BCUT2D eigenvalue weighted by Gasteiger charge is -2.41. The molecule has 0 aromatic rings. The molecule has 6 nitrogen and oxygen atoms in total. The molecule has 0 radical (unpaired) electrons. The van der Waals surface area contributed by atoms with E-state index >= 15 is 0 Å². The van der Waals surface area contributed by atoms with Crippen LogP contribution in [0.25, 0.3) is 0 Å². The Balaban J connectivity index is 2.86. The van der Waals surface area contributed by atoms with Gasteiger partial charge in [0.05, 0.1) is 12.2 Å². The molecule has 0 unspecified atom stereocenters. The van der Waals surface area contributed by atoms with E-state index in [0.717, 1.165) is 38.5 Å². The molecule has 2 N–H and O–H groups in total. The summed E-state index contributed by atoms with van der Waals surface area (Å²) >= 11 is 0. The normalized spacial score (nSPS) is 26.3. The summed E-state index contributed by atoms with van der Waals surface area (Å²) in [5.41, 5.74) is 0. The van der Waals surface area contributed by atoms with Crippen molar-refractivity contribution in [2.75, 3.05) is 0 Å². The molecular weight excluding hydrogens is 396 g/mol. The van der Waals surface area contributed by atoms with Crippen LogP contribution in [0.2, 0.25) is 0 Å². The van der Waals surface area contributed by atoms with E-state index in [1.54, 1.807) is 13.0 Å². The van der Waals surface area contributed by atoms with Crippen LogP contribution in [0.1, 0.15) is 65.7 Å². The molecule has 6 heteroatoms. The number of aliphatic hydroxyl groups excluding tert-OH is 2. The van der Waals surface area contributed by atoms with E-state index < -0.39 is 36.7 Å². The van der Waals surface area contributed by atoms with Crippen LogP contribution in [0.5, 0.6) is 0 Å². The predicted molar refractivity (Wildman–Crippen MR) is 120 cm³/mol. The number of aliphatic hydroxyl groups is 2. The zero-order chi connectivity index (χ0) is 23.1. The molecule has 1 saturated heterocycles. The molecule has 1 aliphatic heterocycles. The van der Waals surface area contributed by atoms with Crippen LogP contribution in [-0.4, -0.2) is 53.0 Å². The second-order valence-electron chi connectivity index (χ2n) is 7.55. The van der Waals surface area contributed by atoms with E-state index in [-0.39, 0.29) is 6.10 Å². The van der Waals surface area contributed by atoms with Gasteiger partial charge in [-0.05, 0) is 56.6 Å². The van der Waals surface area contributed by atoms with Gasteiger partial charge in [-0.3, -0.25) is 4.79 Å². The standard InChI is InChI=1S/C25H36O6/c1-5-7-9-11-12-14-16-18-21(17-15-13-10-8-6-2)31-25-24(30-20(4)26)23(28)22(27)19(3)29-25/h6,16,18-19,21-25,27-28H,2,5,7-8,10,13,15,17H2,1,3-4H3/b18-16+/t19-,21-,22-,23+,24+,25+/m0/s1. The summed E-state index contributed by atoms with van der Waals surface area (Å²) in [6.07, 6.45) is 6.24. The minimum absolute atomic E-state index is 0.362. The molecule has 1 aliphatic rings. The van der Waals surface area contributed by atoms with Crippen molar-refractivity contribution in [3.05, 3.63) is 24.8 Å². The van der Waals surface area contributed by atoms with Crippen molar-refractivity contribution in [2.45, 2.75) is 103 Å². The average Bonchev–Trinajstić information content (AvgIpc) is 2.73. The summed E-state index contributed by atoms with van der Waals surface area (Å²) in [5, 5.41) is 20.5. The number of carbonyl (C=O) groups is 1. The quantitative estimate of drug-likeness (QED) is 0.226. The van der Waals surface area contributed by atoms with Gasteiger partial charge in [0.2, 0.25) is 0 Å². The summed E-state index contributed by atoms with van der Waals surface area (Å²) in [4.78, 5) is 11.5. The first-order chi connectivity index (χ1) is 14.9. The van der Waals surface area contributed by atoms with Crippen molar-refractivity contribution in [3.63, 3.8) is 0 Å². The van der Waals surface area contributed by atoms with Crippen molar-refractivity contribution in [3.8, 4) is 23.7 Å². The predicted octanol–water partition coefficient (Wildman–Crippen LogP) is 3.27. The molecule has 0 aliphatic carbocycles. The molecule has 31 heavy (non-hydrogen) atoms. The Kier molecular flexibility index (Phi) is 13.6. The number of allylic oxidation sites excluding steroid dienone is 2. The van der Waals surface area contributed by atoms with E-state index in [1.807, 2.05) is 12.2 Å². The summed E-state index contributed by atoms with van der Waals surface area (Å²) in [6, 6.07) is 0. The molecule has 0 bridgehead atoms. The fraction of sp³-hybridized carbons (Fsp3) is 0.640. The van der Waals surface area contributed by atoms with Crippen LogP contribution in [-0.2, 0) is 19.0 Å². The van der Waals surface area contributed by atoms with E-state index in [9.17, 15) is 15.0 Å². The number of hydrogen-bond donors (Lipinski definition) is 2. The molecule has 0 amide bonds. The number of carbonyl (C=O) groups excluding carboxylic acids is 1. The molecule has 172 valence electrons. The Hall–Kier alpha value is -2.09. The van der Waals surface area contributed by atoms with Crippen LogP contribution >= 0.6 is 0 Å². The van der Waals surface area contributed by atoms with Crippen molar-refractivity contribution in [1.29, 1.82) is 0 Å². The van der Waals surface area contributed by atoms with Gasteiger partial charge in [0, 0.05) is 13.3 Å². The Morgan fingerprint density at radius 3 is 2.68 bits per heavy atom. The highest BCUT2D eigenvalue weighted by Gasteiger charge is 2.46. The van der Waals surface area contributed by atoms with Gasteiger partial charge in [-0.25, -0.2) is 0 Å². The third kappa shape index (κ3) is 10.7. The Morgan fingerprint density at radius 1 is 1.23 bits per heavy atom. The highest BCUT2D eigenvalue weighted by Crippen LogP contribution is 2.26. The van der Waals surface area contributed by atoms with Gasteiger partial charge in [0.25, 0.3) is 0 Å². The average molecular weight is 433 g/mol. The maximum Gasteiger partial charge on any atom is 0.303 e. The van der Waals surface area contributed by atoms with Gasteiger partial charge in [0.1, 0.15) is 12.2 Å². The number of hydrogen-bond acceptors (Lipinski definition) is 6. The number of rotatable bonds is 11. The zero-order valence-corrected chi connectivity index (χ0v) is 18.9. The number of esters is 1. The third-order valence-electron chi connectivity index (χ3n) is 4.78. The first-order valence-corrected chi connectivity index (χ1v) is 11.0. The van der Waals surface area contributed by atoms with Gasteiger partial charge in [0.15, 0.2) is 12.4 Å². The fourth-order valence-electron chi connectivity index (χ4n) is 3.09.